The van der Waals surface area contributed by atoms with Gasteiger partial charge in [-0.3, -0.25) is 0 Å². The third-order valence-electron chi connectivity index (χ3n) is 3.00. The van der Waals surface area contributed by atoms with Crippen LogP contribution in [0.15, 0.2) is 30.9 Å². The summed E-state index contributed by atoms with van der Waals surface area (Å²) in [4.78, 5) is 13.5. The minimum absolute atomic E-state index is 0.417. The van der Waals surface area contributed by atoms with Crippen LogP contribution in [0.1, 0.15) is 6.92 Å². The fourth-order valence-corrected chi connectivity index (χ4v) is 1.65. The summed E-state index contributed by atoms with van der Waals surface area (Å²) in [6, 6.07) is 3.92. The fraction of sp³-hybridized carbons (Fsp3) is 0.385. The van der Waals surface area contributed by atoms with Gasteiger partial charge in [-0.05, 0) is 18.5 Å². The maximum atomic E-state index is 5.59. The molecule has 6 heteroatoms. The molecule has 0 bridgehead atoms. The van der Waals surface area contributed by atoms with Gasteiger partial charge in [0.1, 0.15) is 18.0 Å². The first-order valence-electron chi connectivity index (χ1n) is 6.33. The molecule has 2 heterocycles. The Hall–Kier alpha value is -2.08. The van der Waals surface area contributed by atoms with Gasteiger partial charge in [0.25, 0.3) is 0 Å². The Morgan fingerprint density at radius 3 is 3.00 bits per heavy atom. The summed E-state index contributed by atoms with van der Waals surface area (Å²) in [7, 11) is 1.97. The van der Waals surface area contributed by atoms with Gasteiger partial charge in [0.15, 0.2) is 0 Å². The van der Waals surface area contributed by atoms with E-state index < -0.39 is 0 Å². The molecular weight excluding hydrogens is 240 g/mol. The molecule has 0 fully saturated rings. The largest absolute Gasteiger partial charge is 0.370 e. The lowest BCUT2D eigenvalue weighted by Crippen LogP contribution is -2.20. The van der Waals surface area contributed by atoms with Crippen LogP contribution in [0.2, 0.25) is 0 Å². The van der Waals surface area contributed by atoms with Crippen molar-refractivity contribution in [1.29, 1.82) is 0 Å². The SMILES string of the molecule is CC(CN)CNc1cc(N(C)c2cc[nH]c2)ncn1. The van der Waals surface area contributed by atoms with Crippen LogP contribution in [0.3, 0.4) is 0 Å². The van der Waals surface area contributed by atoms with Gasteiger partial charge in [0.2, 0.25) is 0 Å². The normalized spacial score (nSPS) is 12.2. The predicted octanol–water partition coefficient (Wildman–Crippen LogP) is 1.58. The molecule has 0 aliphatic carbocycles. The zero-order chi connectivity index (χ0) is 13.7. The van der Waals surface area contributed by atoms with Gasteiger partial charge in [0, 0.05) is 32.1 Å². The number of nitrogens with one attached hydrogen (secondary N) is 2. The summed E-state index contributed by atoms with van der Waals surface area (Å²) >= 11 is 0. The summed E-state index contributed by atoms with van der Waals surface area (Å²) < 4.78 is 0. The topological polar surface area (TPSA) is 82.9 Å². The molecule has 0 radical (unpaired) electrons. The molecule has 102 valence electrons. The molecule has 2 aromatic rings. The molecule has 0 aromatic carbocycles. The smallest absolute Gasteiger partial charge is 0.138 e. The molecule has 0 aliphatic rings. The lowest BCUT2D eigenvalue weighted by Gasteiger charge is -2.17. The zero-order valence-corrected chi connectivity index (χ0v) is 11.3. The van der Waals surface area contributed by atoms with E-state index >= 15 is 0 Å². The fourth-order valence-electron chi connectivity index (χ4n) is 1.65. The molecular formula is C13H20N6. The lowest BCUT2D eigenvalue weighted by molar-refractivity contribution is 0.627. The van der Waals surface area contributed by atoms with Crippen molar-refractivity contribution in [1.82, 2.24) is 15.0 Å². The molecule has 6 nitrogen and oxygen atoms in total. The minimum atomic E-state index is 0.417. The van der Waals surface area contributed by atoms with E-state index in [1.165, 1.54) is 0 Å². The number of anilines is 3. The van der Waals surface area contributed by atoms with Gasteiger partial charge in [-0.15, -0.1) is 0 Å². The standard InChI is InChI=1S/C13H20N6/c1-10(6-14)7-16-12-5-13(18-9-17-12)19(2)11-3-4-15-8-11/h3-5,8-10,15H,6-7,14H2,1-2H3,(H,16,17,18). The Labute approximate surface area is 113 Å². The van der Waals surface area contributed by atoms with Crippen molar-refractivity contribution in [3.05, 3.63) is 30.9 Å². The number of nitrogens with two attached hydrogens (primary N) is 1. The van der Waals surface area contributed by atoms with E-state index in [0.29, 0.717) is 12.5 Å². The van der Waals surface area contributed by atoms with Crippen LogP contribution in [0.4, 0.5) is 17.3 Å². The van der Waals surface area contributed by atoms with Crippen molar-refractivity contribution in [3.8, 4) is 0 Å². The highest BCUT2D eigenvalue weighted by Crippen LogP contribution is 2.21. The molecule has 2 rings (SSSR count). The summed E-state index contributed by atoms with van der Waals surface area (Å²) in [6.07, 6.45) is 5.37. The molecule has 0 amide bonds. The molecule has 0 saturated heterocycles. The van der Waals surface area contributed by atoms with E-state index in [0.717, 1.165) is 23.9 Å². The maximum Gasteiger partial charge on any atom is 0.138 e. The number of hydrogen-bond acceptors (Lipinski definition) is 5. The Morgan fingerprint density at radius 2 is 2.32 bits per heavy atom. The van der Waals surface area contributed by atoms with Gasteiger partial charge in [-0.1, -0.05) is 6.92 Å². The van der Waals surface area contributed by atoms with Crippen LogP contribution < -0.4 is 16.0 Å². The van der Waals surface area contributed by atoms with Crippen LogP contribution >= 0.6 is 0 Å². The van der Waals surface area contributed by atoms with Crippen LogP contribution in [-0.4, -0.2) is 35.1 Å². The monoisotopic (exact) mass is 260 g/mol. The second-order valence-corrected chi connectivity index (χ2v) is 4.61. The first-order valence-corrected chi connectivity index (χ1v) is 6.33. The third-order valence-corrected chi connectivity index (χ3v) is 3.00. The number of hydrogen-bond donors (Lipinski definition) is 3. The Kier molecular flexibility index (Phi) is 4.35. The van der Waals surface area contributed by atoms with Gasteiger partial charge in [0.05, 0.1) is 5.69 Å². The van der Waals surface area contributed by atoms with E-state index in [4.69, 9.17) is 5.73 Å². The number of aromatic amines is 1. The quantitative estimate of drug-likeness (QED) is 0.734. The van der Waals surface area contributed by atoms with E-state index in [1.807, 2.05) is 36.5 Å². The minimum Gasteiger partial charge on any atom is -0.370 e. The highest BCUT2D eigenvalue weighted by Gasteiger charge is 2.07. The first-order chi connectivity index (χ1) is 9.20. The molecule has 4 N–H and O–H groups in total. The summed E-state index contributed by atoms with van der Waals surface area (Å²) in [5.74, 6) is 2.08. The Balaban J connectivity index is 2.06. The van der Waals surface area contributed by atoms with Crippen molar-refractivity contribution in [2.75, 3.05) is 30.4 Å². The van der Waals surface area contributed by atoms with Crippen molar-refractivity contribution >= 4 is 17.3 Å². The van der Waals surface area contributed by atoms with E-state index in [1.54, 1.807) is 6.33 Å². The first kappa shape index (κ1) is 13.4. The van der Waals surface area contributed by atoms with Gasteiger partial charge in [-0.25, -0.2) is 9.97 Å². The summed E-state index contributed by atoms with van der Waals surface area (Å²) in [5.41, 5.74) is 6.65. The molecule has 1 unspecified atom stereocenters. The predicted molar refractivity (Wildman–Crippen MR) is 77.6 cm³/mol. The number of nitrogens with zero attached hydrogens (tertiary/aromatic N) is 3. The second kappa shape index (κ2) is 6.19. The van der Waals surface area contributed by atoms with E-state index in [9.17, 15) is 0 Å². The Bertz CT molecular complexity index is 496. The van der Waals surface area contributed by atoms with Gasteiger partial charge < -0.3 is 20.9 Å². The van der Waals surface area contributed by atoms with Crippen LogP contribution in [0.25, 0.3) is 0 Å². The number of H-pyrrole nitrogens is 1. The van der Waals surface area contributed by atoms with Crippen LogP contribution in [-0.2, 0) is 0 Å². The highest BCUT2D eigenvalue weighted by molar-refractivity contribution is 5.60. The molecule has 1 atom stereocenters. The van der Waals surface area contributed by atoms with Crippen molar-refractivity contribution < 1.29 is 0 Å². The third kappa shape index (κ3) is 3.45. The average Bonchev–Trinajstić information content (AvgIpc) is 2.98. The van der Waals surface area contributed by atoms with Crippen LogP contribution in [0.5, 0.6) is 0 Å². The summed E-state index contributed by atoms with van der Waals surface area (Å²) in [5, 5.41) is 3.27. The van der Waals surface area contributed by atoms with Crippen LogP contribution in [0, 0.1) is 5.92 Å². The van der Waals surface area contributed by atoms with Crippen molar-refractivity contribution in [2.24, 2.45) is 11.7 Å². The van der Waals surface area contributed by atoms with E-state index in [2.05, 4.69) is 27.2 Å². The lowest BCUT2D eigenvalue weighted by atomic mass is 10.2. The average molecular weight is 260 g/mol. The van der Waals surface area contributed by atoms with Gasteiger partial charge in [-0.2, -0.15) is 0 Å². The molecule has 0 spiro atoms. The second-order valence-electron chi connectivity index (χ2n) is 4.61. The number of rotatable bonds is 6. The number of aromatic nitrogens is 3. The van der Waals surface area contributed by atoms with Crippen molar-refractivity contribution in [2.45, 2.75) is 6.92 Å². The molecule has 2 aromatic heterocycles. The zero-order valence-electron chi connectivity index (χ0n) is 11.3. The van der Waals surface area contributed by atoms with Crippen molar-refractivity contribution in [3.63, 3.8) is 0 Å². The highest BCUT2D eigenvalue weighted by atomic mass is 15.2. The molecule has 0 aliphatic heterocycles. The summed E-state index contributed by atoms with van der Waals surface area (Å²) in [6.45, 7) is 3.57. The van der Waals surface area contributed by atoms with E-state index in [-0.39, 0.29) is 0 Å². The molecule has 0 saturated carbocycles. The maximum absolute atomic E-state index is 5.59. The molecule has 19 heavy (non-hydrogen) atoms. The Morgan fingerprint density at radius 1 is 1.47 bits per heavy atom. The van der Waals surface area contributed by atoms with Gasteiger partial charge >= 0.3 is 0 Å².